The van der Waals surface area contributed by atoms with Gasteiger partial charge in [-0.05, 0) is 55.2 Å². The number of aliphatic imine (C=N–C) groups is 1. The monoisotopic (exact) mass is 1000 g/mol. The van der Waals surface area contributed by atoms with Crippen LogP contribution in [0.3, 0.4) is 0 Å². The highest BCUT2D eigenvalue weighted by Gasteiger charge is 2.41. The Morgan fingerprint density at radius 1 is 0.803 bits per heavy atom. The van der Waals surface area contributed by atoms with Crippen molar-refractivity contribution in [1.29, 1.82) is 0 Å². The first-order chi connectivity index (χ1) is 33.6. The van der Waals surface area contributed by atoms with Crippen LogP contribution in [0.1, 0.15) is 83.9 Å². The molecular weight excluding hydrogens is 931 g/mol. The number of nitrogens with one attached hydrogen (secondary N) is 7. The van der Waals surface area contributed by atoms with Gasteiger partial charge in [0.05, 0.1) is 18.8 Å². The third kappa shape index (κ3) is 18.5. The van der Waals surface area contributed by atoms with Crippen LogP contribution in [0.5, 0.6) is 5.75 Å². The van der Waals surface area contributed by atoms with Gasteiger partial charge in [-0.25, -0.2) is 9.78 Å². The number of likely N-dealkylation sites (tertiary alicyclic amines) is 1. The number of aliphatic carboxylic acids is 2. The molecule has 0 bridgehead atoms. The van der Waals surface area contributed by atoms with Gasteiger partial charge in [-0.3, -0.25) is 43.3 Å². The number of hydrogen-bond donors (Lipinski definition) is 14. The third-order valence-corrected chi connectivity index (χ3v) is 11.8. The van der Waals surface area contributed by atoms with E-state index in [1.165, 1.54) is 41.7 Å². The van der Waals surface area contributed by atoms with Crippen LogP contribution < -0.4 is 49.1 Å². The number of aromatic nitrogens is 2. The van der Waals surface area contributed by atoms with E-state index < -0.39 is 126 Å². The second-order valence-electron chi connectivity index (χ2n) is 17.7. The standard InChI is InChI=1S/C45H69N13O13/c1-5-24(4)36(42(68)55-32(19-26-21-49-22-51-26)43(69)58-16-7-9-33(58)40(66)53-30(14-17-59)44(70)71)57-39(65)31(18-25-10-12-27(60)13-11-25)54-41(67)35(23(2)3)56-38(64)29(8-6-15-50-45(47)48)52-37(63)28(46)20-34(61)62/h10-13,21-24,28-33,35-36,59-60H,5-9,14-20,46H2,1-4H3,(H,49,51)(H,52,63)(H,53,66)(H,54,67)(H,55,68)(H,56,64)(H,57,65)(H,61,62)(H,70,71)(H4,47,48,50)/t24-,28-,29-,30-,31-,32-,33-,35-,36-/m0/s1. The Hall–Kier alpha value is -7.35. The zero-order valence-electron chi connectivity index (χ0n) is 40.3. The van der Waals surface area contributed by atoms with Gasteiger partial charge in [0, 0.05) is 50.8 Å². The van der Waals surface area contributed by atoms with Crippen molar-refractivity contribution in [2.24, 2.45) is 34.0 Å². The Balaban J connectivity index is 1.93. The maximum Gasteiger partial charge on any atom is 0.326 e. The molecule has 0 spiro atoms. The van der Waals surface area contributed by atoms with E-state index in [9.17, 15) is 58.5 Å². The summed E-state index contributed by atoms with van der Waals surface area (Å²) < 4.78 is 0. The summed E-state index contributed by atoms with van der Waals surface area (Å²) in [6.07, 6.45) is 2.51. The summed E-state index contributed by atoms with van der Waals surface area (Å²) in [5.74, 6) is -9.94. The zero-order chi connectivity index (χ0) is 52.9. The van der Waals surface area contributed by atoms with Crippen LogP contribution in [0.2, 0.25) is 0 Å². The molecule has 1 saturated heterocycles. The van der Waals surface area contributed by atoms with Gasteiger partial charge in [0.1, 0.15) is 48.0 Å². The van der Waals surface area contributed by atoms with Crippen LogP contribution in [0.25, 0.3) is 0 Å². The molecule has 26 nitrogen and oxygen atoms in total. The average Bonchev–Trinajstić information content (AvgIpc) is 4.03. The molecule has 1 aromatic carbocycles. The number of aliphatic hydroxyl groups is 1. The minimum atomic E-state index is -1.51. The Kier molecular flexibility index (Phi) is 23.1. The molecule has 71 heavy (non-hydrogen) atoms. The average molecular weight is 1000 g/mol. The molecule has 17 N–H and O–H groups in total. The zero-order valence-corrected chi connectivity index (χ0v) is 40.3. The molecule has 26 heteroatoms. The van der Waals surface area contributed by atoms with Gasteiger partial charge in [-0.2, -0.15) is 0 Å². The Morgan fingerprint density at radius 3 is 2.00 bits per heavy atom. The van der Waals surface area contributed by atoms with E-state index in [-0.39, 0.29) is 63.3 Å². The molecule has 392 valence electrons. The molecule has 0 saturated carbocycles. The van der Waals surface area contributed by atoms with Crippen LogP contribution in [0.15, 0.2) is 41.8 Å². The van der Waals surface area contributed by atoms with Gasteiger partial charge in [0.15, 0.2) is 5.96 Å². The van der Waals surface area contributed by atoms with Crippen LogP contribution >= 0.6 is 0 Å². The number of aliphatic hydroxyl groups excluding tert-OH is 1. The van der Waals surface area contributed by atoms with E-state index >= 15 is 0 Å². The van der Waals surface area contributed by atoms with Gasteiger partial charge in [0.25, 0.3) is 0 Å². The smallest absolute Gasteiger partial charge is 0.326 e. The van der Waals surface area contributed by atoms with Crippen LogP contribution in [0, 0.1) is 11.8 Å². The Labute approximate surface area is 410 Å². The summed E-state index contributed by atoms with van der Waals surface area (Å²) >= 11 is 0. The maximum atomic E-state index is 14.5. The largest absolute Gasteiger partial charge is 0.508 e. The summed E-state index contributed by atoms with van der Waals surface area (Å²) in [6, 6.07) is -5.02. The number of nitrogens with zero attached hydrogens (tertiary/aromatic N) is 3. The first kappa shape index (κ1) is 58.0. The number of nitrogens with two attached hydrogens (primary N) is 3. The first-order valence-electron chi connectivity index (χ1n) is 23.3. The number of H-pyrrole nitrogens is 1. The van der Waals surface area contributed by atoms with Gasteiger partial charge < -0.3 is 79.4 Å². The van der Waals surface area contributed by atoms with Crippen molar-refractivity contribution in [3.63, 3.8) is 0 Å². The van der Waals surface area contributed by atoms with E-state index in [2.05, 4.69) is 46.9 Å². The van der Waals surface area contributed by atoms with Crippen molar-refractivity contribution in [3.05, 3.63) is 48.0 Å². The number of rotatable bonds is 29. The normalized spacial score (nSPS) is 16.7. The second kappa shape index (κ2) is 28.3. The summed E-state index contributed by atoms with van der Waals surface area (Å²) in [6.45, 7) is 6.31. The molecule has 9 atom stereocenters. The number of phenolic OH excluding ortho intramolecular Hbond substituents is 1. The molecule has 0 unspecified atom stereocenters. The summed E-state index contributed by atoms with van der Waals surface area (Å²) in [4.78, 5) is 133. The predicted octanol–water partition coefficient (Wildman–Crippen LogP) is -3.18. The number of benzene rings is 1. The fourth-order valence-corrected chi connectivity index (χ4v) is 7.65. The number of carboxylic acid groups (broad SMARTS) is 2. The summed E-state index contributed by atoms with van der Waals surface area (Å²) in [7, 11) is 0. The Bertz CT molecular complexity index is 2170. The Morgan fingerprint density at radius 2 is 1.42 bits per heavy atom. The van der Waals surface area contributed by atoms with Gasteiger partial charge in [-0.15, -0.1) is 0 Å². The van der Waals surface area contributed by atoms with Crippen LogP contribution in [-0.2, 0) is 56.0 Å². The topological polar surface area (TPSA) is 429 Å². The number of aromatic hydroxyl groups is 1. The van der Waals surface area contributed by atoms with Crippen molar-refractivity contribution >= 4 is 59.2 Å². The van der Waals surface area contributed by atoms with Gasteiger partial charge in [0.2, 0.25) is 41.4 Å². The van der Waals surface area contributed by atoms with Crippen molar-refractivity contribution in [2.45, 2.75) is 134 Å². The van der Waals surface area contributed by atoms with E-state index in [1.807, 2.05) is 0 Å². The van der Waals surface area contributed by atoms with E-state index in [0.29, 0.717) is 24.1 Å². The fourth-order valence-electron chi connectivity index (χ4n) is 7.65. The molecule has 1 aliphatic heterocycles. The molecule has 0 aliphatic carbocycles. The molecular formula is C45H69N13O13. The summed E-state index contributed by atoms with van der Waals surface area (Å²) in [5, 5.41) is 53.6. The number of guanidine groups is 1. The van der Waals surface area contributed by atoms with Crippen molar-refractivity contribution < 1.29 is 63.6 Å². The molecule has 2 heterocycles. The minimum Gasteiger partial charge on any atom is -0.508 e. The van der Waals surface area contributed by atoms with E-state index in [1.54, 1.807) is 27.7 Å². The molecule has 3 rings (SSSR count). The number of imidazole rings is 1. The second-order valence-corrected chi connectivity index (χ2v) is 17.7. The number of hydrogen-bond acceptors (Lipinski definition) is 14. The van der Waals surface area contributed by atoms with E-state index in [0.717, 1.165) is 0 Å². The van der Waals surface area contributed by atoms with Crippen molar-refractivity contribution in [2.75, 3.05) is 19.7 Å². The number of aromatic amines is 1. The number of carboxylic acids is 2. The highest BCUT2D eigenvalue weighted by molar-refractivity contribution is 5.98. The highest BCUT2D eigenvalue weighted by atomic mass is 16.4. The first-order valence-corrected chi connectivity index (χ1v) is 23.3. The number of carbonyl (C=O) groups is 9. The lowest BCUT2D eigenvalue weighted by atomic mass is 9.96. The molecule has 0 radical (unpaired) electrons. The molecule has 1 aromatic heterocycles. The lowest BCUT2D eigenvalue weighted by Gasteiger charge is -2.32. The highest BCUT2D eigenvalue weighted by Crippen LogP contribution is 2.21. The molecule has 1 aliphatic rings. The minimum absolute atomic E-state index is 0.0586. The molecule has 1 fully saturated rings. The SMILES string of the molecule is CC[C@H](C)[C@H](NC(=O)[C@H](Cc1ccc(O)cc1)NC(=O)[C@@H](NC(=O)[C@H](CCCN=C(N)N)NC(=O)[C@@H](N)CC(=O)O)C(C)C)C(=O)N[C@@H](Cc1cnc[nH]1)C(=O)N1CCC[C@H]1C(=O)N[C@@H](CCO)C(=O)O. The van der Waals surface area contributed by atoms with E-state index in [4.69, 9.17) is 22.3 Å². The van der Waals surface area contributed by atoms with Crippen molar-refractivity contribution in [3.8, 4) is 5.75 Å². The lowest BCUT2D eigenvalue weighted by molar-refractivity contribution is -0.145. The van der Waals surface area contributed by atoms with Crippen molar-refractivity contribution in [1.82, 2.24) is 46.8 Å². The third-order valence-electron chi connectivity index (χ3n) is 11.8. The van der Waals surface area contributed by atoms with Crippen LogP contribution in [-0.4, -0.2) is 163 Å². The lowest BCUT2D eigenvalue weighted by Crippen LogP contribution is -2.62. The van der Waals surface area contributed by atoms with Gasteiger partial charge >= 0.3 is 11.9 Å². The fraction of sp³-hybridized carbons (Fsp3) is 0.578. The predicted molar refractivity (Wildman–Crippen MR) is 254 cm³/mol. The quantitative estimate of drug-likeness (QED) is 0.0217. The number of phenols is 1. The maximum absolute atomic E-state index is 14.5. The molecule has 7 amide bonds. The number of amides is 7. The van der Waals surface area contributed by atoms with Crippen LogP contribution in [0.4, 0.5) is 0 Å². The number of carbonyl (C=O) groups excluding carboxylic acids is 7. The summed E-state index contributed by atoms with van der Waals surface area (Å²) in [5.41, 5.74) is 17.5. The van der Waals surface area contributed by atoms with Gasteiger partial charge in [-0.1, -0.05) is 46.2 Å². The molecule has 2 aromatic rings.